The van der Waals surface area contributed by atoms with Crippen molar-refractivity contribution in [3.8, 4) is 11.3 Å². The summed E-state index contributed by atoms with van der Waals surface area (Å²) < 4.78 is 9.89. The van der Waals surface area contributed by atoms with Crippen molar-refractivity contribution in [1.82, 2.24) is 15.1 Å². The van der Waals surface area contributed by atoms with Crippen molar-refractivity contribution in [2.45, 2.75) is 0 Å². The number of amides is 1. The van der Waals surface area contributed by atoms with Gasteiger partial charge in [-0.25, -0.2) is 9.78 Å². The van der Waals surface area contributed by atoms with Crippen LogP contribution in [0, 0.1) is 0 Å². The van der Waals surface area contributed by atoms with E-state index in [1.807, 2.05) is 42.5 Å². The Balaban J connectivity index is 1.78. The molecule has 0 unspecified atom stereocenters. The van der Waals surface area contributed by atoms with Crippen molar-refractivity contribution in [2.75, 3.05) is 12.4 Å². The van der Waals surface area contributed by atoms with Gasteiger partial charge in [0.2, 0.25) is 5.95 Å². The molecule has 0 spiro atoms. The molecule has 0 atom stereocenters. The number of aromatic amines is 1. The highest BCUT2D eigenvalue weighted by Gasteiger charge is 2.12. The van der Waals surface area contributed by atoms with Gasteiger partial charge in [0.1, 0.15) is 5.69 Å². The molecule has 1 amide bonds. The maximum Gasteiger partial charge on any atom is 0.413 e. The van der Waals surface area contributed by atoms with Crippen molar-refractivity contribution in [2.24, 2.45) is 0 Å². The van der Waals surface area contributed by atoms with E-state index in [0.29, 0.717) is 5.95 Å². The van der Waals surface area contributed by atoms with Crippen LogP contribution in [-0.4, -0.2) is 28.3 Å². The summed E-state index contributed by atoms with van der Waals surface area (Å²) in [4.78, 5) is 18.5. The molecule has 0 aliphatic carbocycles. The molecule has 114 valence electrons. The van der Waals surface area contributed by atoms with Crippen LogP contribution in [0.15, 0.2) is 47.0 Å². The number of rotatable bonds is 2. The second-order valence-corrected chi connectivity index (χ2v) is 4.96. The van der Waals surface area contributed by atoms with Crippen molar-refractivity contribution in [3.05, 3.63) is 42.5 Å². The van der Waals surface area contributed by atoms with Gasteiger partial charge >= 0.3 is 6.09 Å². The quantitative estimate of drug-likeness (QED) is 0.590. The summed E-state index contributed by atoms with van der Waals surface area (Å²) in [7, 11) is 1.30. The largest absolute Gasteiger partial charge is 0.453 e. The van der Waals surface area contributed by atoms with Gasteiger partial charge in [-0.1, -0.05) is 23.4 Å². The first-order chi connectivity index (χ1) is 11.2. The summed E-state index contributed by atoms with van der Waals surface area (Å²) in [6.07, 6.45) is -0.577. The zero-order valence-corrected chi connectivity index (χ0v) is 12.2. The number of carbonyl (C=O) groups is 1. The third-order valence-electron chi connectivity index (χ3n) is 3.54. The smallest absolute Gasteiger partial charge is 0.413 e. The molecular weight excluding hydrogens is 296 g/mol. The van der Waals surface area contributed by atoms with Crippen LogP contribution in [0.4, 0.5) is 10.7 Å². The number of nitrogens with zero attached hydrogens (tertiary/aromatic N) is 2. The summed E-state index contributed by atoms with van der Waals surface area (Å²) in [5.74, 6) is 0.328. The standard InChI is InChI=1S/C16H12N4O3/c1-22-16(21)19-15-17-11-7-6-9(8-12(11)18-15)14-10-4-2-3-5-13(10)23-20-14/h2-8H,1H3,(H2,17,18,19,21). The molecule has 4 aromatic rings. The first-order valence-corrected chi connectivity index (χ1v) is 6.94. The number of nitrogens with one attached hydrogen (secondary N) is 2. The average Bonchev–Trinajstić information content (AvgIpc) is 3.17. The first-order valence-electron chi connectivity index (χ1n) is 6.94. The third-order valence-corrected chi connectivity index (χ3v) is 3.54. The molecule has 7 nitrogen and oxygen atoms in total. The average molecular weight is 308 g/mol. The van der Waals surface area contributed by atoms with Crippen LogP contribution in [0.25, 0.3) is 33.3 Å². The Hall–Kier alpha value is -3.35. The molecule has 0 aliphatic heterocycles. The van der Waals surface area contributed by atoms with E-state index in [1.165, 1.54) is 7.11 Å². The highest BCUT2D eigenvalue weighted by molar-refractivity contribution is 5.94. The summed E-state index contributed by atoms with van der Waals surface area (Å²) in [6.45, 7) is 0. The number of ether oxygens (including phenoxy) is 1. The number of fused-ring (bicyclic) bond motifs is 2. The van der Waals surface area contributed by atoms with E-state index in [-0.39, 0.29) is 0 Å². The lowest BCUT2D eigenvalue weighted by Crippen LogP contribution is -2.11. The Morgan fingerprint density at radius 1 is 1.26 bits per heavy atom. The van der Waals surface area contributed by atoms with E-state index >= 15 is 0 Å². The van der Waals surface area contributed by atoms with Crippen LogP contribution in [0.2, 0.25) is 0 Å². The number of H-pyrrole nitrogens is 1. The lowest BCUT2D eigenvalue weighted by molar-refractivity contribution is 0.186. The molecule has 0 saturated carbocycles. The monoisotopic (exact) mass is 308 g/mol. The van der Waals surface area contributed by atoms with Gasteiger partial charge in [-0.15, -0.1) is 0 Å². The van der Waals surface area contributed by atoms with Gasteiger partial charge in [0.15, 0.2) is 5.58 Å². The van der Waals surface area contributed by atoms with Crippen LogP contribution in [0.3, 0.4) is 0 Å². The maximum atomic E-state index is 11.2. The molecule has 0 bridgehead atoms. The Morgan fingerprint density at radius 3 is 3.00 bits per heavy atom. The van der Waals surface area contributed by atoms with E-state index in [2.05, 4.69) is 25.2 Å². The van der Waals surface area contributed by atoms with Gasteiger partial charge in [-0.2, -0.15) is 0 Å². The normalized spacial score (nSPS) is 11.0. The summed E-state index contributed by atoms with van der Waals surface area (Å²) >= 11 is 0. The number of benzene rings is 2. The van der Waals surface area contributed by atoms with Crippen LogP contribution in [0.1, 0.15) is 0 Å². The van der Waals surface area contributed by atoms with Gasteiger partial charge in [0, 0.05) is 10.9 Å². The van der Waals surface area contributed by atoms with E-state index in [4.69, 9.17) is 4.52 Å². The molecule has 2 aromatic heterocycles. The fourth-order valence-corrected chi connectivity index (χ4v) is 2.46. The highest BCUT2D eigenvalue weighted by atomic mass is 16.5. The Kier molecular flexibility index (Phi) is 2.97. The van der Waals surface area contributed by atoms with Crippen LogP contribution in [0.5, 0.6) is 0 Å². The van der Waals surface area contributed by atoms with E-state index < -0.39 is 6.09 Å². The molecule has 2 N–H and O–H groups in total. The molecule has 23 heavy (non-hydrogen) atoms. The van der Waals surface area contributed by atoms with Gasteiger partial charge in [-0.05, 0) is 24.3 Å². The predicted molar refractivity (Wildman–Crippen MR) is 85.1 cm³/mol. The Labute approximate surface area is 130 Å². The molecule has 0 aliphatic rings. The fraction of sp³-hybridized carbons (Fsp3) is 0.0625. The number of methoxy groups -OCH3 is 1. The summed E-state index contributed by atoms with van der Waals surface area (Å²) in [6, 6.07) is 13.4. The Morgan fingerprint density at radius 2 is 2.13 bits per heavy atom. The Bertz CT molecular complexity index is 1020. The summed E-state index contributed by atoms with van der Waals surface area (Å²) in [5.41, 5.74) is 3.91. The second-order valence-electron chi connectivity index (χ2n) is 4.96. The number of aromatic nitrogens is 3. The summed E-state index contributed by atoms with van der Waals surface area (Å²) in [5, 5.41) is 7.59. The van der Waals surface area contributed by atoms with Crippen molar-refractivity contribution >= 4 is 34.0 Å². The minimum Gasteiger partial charge on any atom is -0.453 e. The molecule has 0 fully saturated rings. The maximum absolute atomic E-state index is 11.2. The SMILES string of the molecule is COC(=O)Nc1nc2ccc(-c3noc4ccccc34)cc2[nH]1. The highest BCUT2D eigenvalue weighted by Crippen LogP contribution is 2.29. The number of imidazole rings is 1. The van der Waals surface area contributed by atoms with Gasteiger partial charge in [0.05, 0.1) is 18.1 Å². The molecule has 0 saturated heterocycles. The second kappa shape index (κ2) is 5.13. The van der Waals surface area contributed by atoms with Gasteiger partial charge in [0.25, 0.3) is 0 Å². The van der Waals surface area contributed by atoms with Crippen LogP contribution >= 0.6 is 0 Å². The first kappa shape index (κ1) is 13.3. The number of anilines is 1. The zero-order valence-electron chi connectivity index (χ0n) is 12.2. The van der Waals surface area contributed by atoms with Gasteiger partial charge < -0.3 is 14.2 Å². The lowest BCUT2D eigenvalue weighted by atomic mass is 10.1. The number of carbonyl (C=O) groups excluding carboxylic acids is 1. The zero-order chi connectivity index (χ0) is 15.8. The van der Waals surface area contributed by atoms with E-state index in [1.54, 1.807) is 0 Å². The lowest BCUT2D eigenvalue weighted by Gasteiger charge is -1.97. The minimum absolute atomic E-state index is 0.328. The molecular formula is C16H12N4O3. The number of hydrogen-bond acceptors (Lipinski definition) is 5. The van der Waals surface area contributed by atoms with Crippen LogP contribution < -0.4 is 5.32 Å². The van der Waals surface area contributed by atoms with Gasteiger partial charge in [-0.3, -0.25) is 5.32 Å². The number of hydrogen-bond donors (Lipinski definition) is 2. The molecule has 0 radical (unpaired) electrons. The number of para-hydroxylation sites is 1. The van der Waals surface area contributed by atoms with Crippen molar-refractivity contribution < 1.29 is 14.1 Å². The predicted octanol–water partition coefficient (Wildman–Crippen LogP) is 3.55. The van der Waals surface area contributed by atoms with Crippen molar-refractivity contribution in [3.63, 3.8) is 0 Å². The van der Waals surface area contributed by atoms with Crippen molar-refractivity contribution in [1.29, 1.82) is 0 Å². The fourth-order valence-electron chi connectivity index (χ4n) is 2.46. The van der Waals surface area contributed by atoms with E-state index in [9.17, 15) is 4.79 Å². The van der Waals surface area contributed by atoms with Crippen LogP contribution in [-0.2, 0) is 4.74 Å². The molecule has 7 heteroatoms. The molecule has 2 heterocycles. The third kappa shape index (κ3) is 2.28. The van der Waals surface area contributed by atoms with E-state index in [0.717, 1.165) is 33.3 Å². The minimum atomic E-state index is -0.577. The molecule has 2 aromatic carbocycles. The molecule has 4 rings (SSSR count). The topological polar surface area (TPSA) is 93.0 Å².